The molecule has 2 rings (SSSR count). The second-order valence-electron chi connectivity index (χ2n) is 4.75. The predicted molar refractivity (Wildman–Crippen MR) is 80.2 cm³/mol. The number of amides is 1. The smallest absolute Gasteiger partial charge is 0.254 e. The van der Waals surface area contributed by atoms with Crippen molar-refractivity contribution in [2.75, 3.05) is 12.3 Å². The molecule has 2 aromatic rings. The summed E-state index contributed by atoms with van der Waals surface area (Å²) in [5, 5.41) is 0. The van der Waals surface area contributed by atoms with Crippen LogP contribution < -0.4 is 5.73 Å². The van der Waals surface area contributed by atoms with Crippen molar-refractivity contribution in [1.82, 2.24) is 9.88 Å². The summed E-state index contributed by atoms with van der Waals surface area (Å²) >= 11 is 0. The molecule has 1 heterocycles. The van der Waals surface area contributed by atoms with Gasteiger partial charge in [0.05, 0.1) is 0 Å². The van der Waals surface area contributed by atoms with Crippen LogP contribution in [0.1, 0.15) is 28.4 Å². The zero-order chi connectivity index (χ0) is 14.5. The fourth-order valence-electron chi connectivity index (χ4n) is 2.03. The first-order valence-electron chi connectivity index (χ1n) is 6.66. The molecule has 0 aliphatic rings. The first kappa shape index (κ1) is 14.1. The number of nitrogens with two attached hydrogens (primary N) is 1. The summed E-state index contributed by atoms with van der Waals surface area (Å²) in [4.78, 5) is 18.3. The van der Waals surface area contributed by atoms with E-state index < -0.39 is 0 Å². The number of benzene rings is 1. The fraction of sp³-hybridized carbons (Fsp3) is 0.250. The maximum Gasteiger partial charge on any atom is 0.254 e. The summed E-state index contributed by atoms with van der Waals surface area (Å²) in [6, 6.07) is 9.24. The molecule has 20 heavy (non-hydrogen) atoms. The third-order valence-corrected chi connectivity index (χ3v) is 3.31. The third-order valence-electron chi connectivity index (χ3n) is 3.31. The van der Waals surface area contributed by atoms with E-state index in [0.717, 1.165) is 11.1 Å². The Morgan fingerprint density at radius 2 is 1.95 bits per heavy atom. The Morgan fingerprint density at radius 1 is 1.25 bits per heavy atom. The van der Waals surface area contributed by atoms with E-state index in [2.05, 4.69) is 4.98 Å². The van der Waals surface area contributed by atoms with Crippen LogP contribution in [0.4, 0.5) is 5.69 Å². The van der Waals surface area contributed by atoms with Crippen LogP contribution in [0.3, 0.4) is 0 Å². The number of aryl methyl sites for hydroxylation is 1. The van der Waals surface area contributed by atoms with Gasteiger partial charge in [0.1, 0.15) is 0 Å². The highest BCUT2D eigenvalue weighted by atomic mass is 16.2. The average molecular weight is 269 g/mol. The number of anilines is 1. The molecule has 0 aliphatic heterocycles. The van der Waals surface area contributed by atoms with E-state index >= 15 is 0 Å². The number of aromatic nitrogens is 1. The zero-order valence-corrected chi connectivity index (χ0v) is 11.8. The van der Waals surface area contributed by atoms with E-state index in [-0.39, 0.29) is 5.91 Å². The normalized spacial score (nSPS) is 10.3. The quantitative estimate of drug-likeness (QED) is 0.868. The topological polar surface area (TPSA) is 59.2 Å². The van der Waals surface area contributed by atoms with Gasteiger partial charge in [-0.05, 0) is 55.3 Å². The van der Waals surface area contributed by atoms with Gasteiger partial charge in [-0.3, -0.25) is 9.78 Å². The van der Waals surface area contributed by atoms with Crippen LogP contribution in [0.25, 0.3) is 0 Å². The molecule has 0 bridgehead atoms. The van der Waals surface area contributed by atoms with Crippen molar-refractivity contribution in [2.45, 2.75) is 20.4 Å². The van der Waals surface area contributed by atoms with Crippen LogP contribution in [-0.2, 0) is 6.54 Å². The van der Waals surface area contributed by atoms with Crippen molar-refractivity contribution in [1.29, 1.82) is 0 Å². The summed E-state index contributed by atoms with van der Waals surface area (Å²) in [6.45, 7) is 5.13. The number of hydrogen-bond donors (Lipinski definition) is 1. The van der Waals surface area contributed by atoms with Crippen molar-refractivity contribution < 1.29 is 4.79 Å². The van der Waals surface area contributed by atoms with Gasteiger partial charge in [-0.25, -0.2) is 0 Å². The summed E-state index contributed by atoms with van der Waals surface area (Å²) in [5.74, 6) is 0.0208. The molecule has 1 amide bonds. The van der Waals surface area contributed by atoms with E-state index in [1.807, 2.05) is 32.0 Å². The Balaban J connectivity index is 2.18. The molecule has 0 unspecified atom stereocenters. The Hall–Kier alpha value is -2.36. The minimum atomic E-state index is 0.0208. The zero-order valence-electron chi connectivity index (χ0n) is 11.8. The number of nitrogen functional groups attached to an aromatic ring is 1. The Morgan fingerprint density at radius 3 is 2.55 bits per heavy atom. The highest BCUT2D eigenvalue weighted by Crippen LogP contribution is 2.15. The standard InChI is InChI=1S/C16H19N3O/c1-3-19(11-13-6-8-18-9-7-13)16(20)14-4-5-15(17)12(2)10-14/h4-10H,3,11,17H2,1-2H3. The van der Waals surface area contributed by atoms with Crippen molar-refractivity contribution in [3.05, 3.63) is 59.4 Å². The van der Waals surface area contributed by atoms with Gasteiger partial charge >= 0.3 is 0 Å². The van der Waals surface area contributed by atoms with Gasteiger partial charge in [0.25, 0.3) is 5.91 Å². The minimum absolute atomic E-state index is 0.0208. The van der Waals surface area contributed by atoms with E-state index in [9.17, 15) is 4.79 Å². The number of hydrogen-bond acceptors (Lipinski definition) is 3. The largest absolute Gasteiger partial charge is 0.399 e. The van der Waals surface area contributed by atoms with Crippen molar-refractivity contribution in [3.8, 4) is 0 Å². The minimum Gasteiger partial charge on any atom is -0.399 e. The van der Waals surface area contributed by atoms with Crippen LogP contribution in [0.5, 0.6) is 0 Å². The molecule has 104 valence electrons. The lowest BCUT2D eigenvalue weighted by Crippen LogP contribution is -2.30. The van der Waals surface area contributed by atoms with Gasteiger partial charge in [0, 0.05) is 36.7 Å². The molecular formula is C16H19N3O. The summed E-state index contributed by atoms with van der Waals surface area (Å²) < 4.78 is 0. The molecule has 0 fully saturated rings. The molecule has 0 atom stereocenters. The highest BCUT2D eigenvalue weighted by molar-refractivity contribution is 5.94. The summed E-state index contributed by atoms with van der Waals surface area (Å²) in [6.07, 6.45) is 3.47. The molecule has 1 aromatic heterocycles. The number of pyridine rings is 1. The highest BCUT2D eigenvalue weighted by Gasteiger charge is 2.15. The van der Waals surface area contributed by atoms with Gasteiger partial charge in [0.2, 0.25) is 0 Å². The monoisotopic (exact) mass is 269 g/mol. The Bertz CT molecular complexity index is 596. The third kappa shape index (κ3) is 3.15. The molecule has 0 radical (unpaired) electrons. The lowest BCUT2D eigenvalue weighted by molar-refractivity contribution is 0.0752. The van der Waals surface area contributed by atoms with Gasteiger partial charge in [0.15, 0.2) is 0 Å². The number of rotatable bonds is 4. The summed E-state index contributed by atoms with van der Waals surface area (Å²) in [7, 11) is 0. The molecule has 0 aliphatic carbocycles. The predicted octanol–water partition coefficient (Wildman–Crippen LogP) is 2.63. The average Bonchev–Trinajstić information content (AvgIpc) is 2.48. The van der Waals surface area contributed by atoms with Crippen LogP contribution in [0.15, 0.2) is 42.7 Å². The maximum atomic E-state index is 12.5. The molecule has 2 N–H and O–H groups in total. The lowest BCUT2D eigenvalue weighted by atomic mass is 10.1. The molecular weight excluding hydrogens is 250 g/mol. The number of carbonyl (C=O) groups is 1. The summed E-state index contributed by atoms with van der Waals surface area (Å²) in [5.41, 5.74) is 9.17. The van der Waals surface area contributed by atoms with Crippen LogP contribution in [-0.4, -0.2) is 22.3 Å². The lowest BCUT2D eigenvalue weighted by Gasteiger charge is -2.21. The Labute approximate surface area is 119 Å². The first-order chi connectivity index (χ1) is 9.61. The van der Waals surface area contributed by atoms with Crippen molar-refractivity contribution in [3.63, 3.8) is 0 Å². The SMILES string of the molecule is CCN(Cc1ccncc1)C(=O)c1ccc(N)c(C)c1. The van der Waals surface area contributed by atoms with Crippen molar-refractivity contribution >= 4 is 11.6 Å². The van der Waals surface area contributed by atoms with E-state index in [4.69, 9.17) is 5.73 Å². The van der Waals surface area contributed by atoms with Gasteiger partial charge in [-0.1, -0.05) is 0 Å². The molecule has 0 saturated heterocycles. The van der Waals surface area contributed by atoms with E-state index in [1.54, 1.807) is 29.4 Å². The Kier molecular flexibility index (Phi) is 4.35. The van der Waals surface area contributed by atoms with Crippen LogP contribution in [0, 0.1) is 6.92 Å². The van der Waals surface area contributed by atoms with E-state index in [1.165, 1.54) is 0 Å². The number of carbonyl (C=O) groups excluding carboxylic acids is 1. The molecule has 1 aromatic carbocycles. The maximum absolute atomic E-state index is 12.5. The molecule has 4 heteroatoms. The van der Waals surface area contributed by atoms with Gasteiger partial charge in [-0.15, -0.1) is 0 Å². The first-order valence-corrected chi connectivity index (χ1v) is 6.66. The molecule has 0 saturated carbocycles. The van der Waals surface area contributed by atoms with Gasteiger partial charge in [-0.2, -0.15) is 0 Å². The second-order valence-corrected chi connectivity index (χ2v) is 4.75. The van der Waals surface area contributed by atoms with Gasteiger partial charge < -0.3 is 10.6 Å². The number of nitrogens with zero attached hydrogens (tertiary/aromatic N) is 2. The second kappa shape index (κ2) is 6.19. The van der Waals surface area contributed by atoms with Crippen molar-refractivity contribution in [2.24, 2.45) is 0 Å². The molecule has 0 spiro atoms. The fourth-order valence-corrected chi connectivity index (χ4v) is 2.03. The van der Waals surface area contributed by atoms with E-state index in [0.29, 0.717) is 24.3 Å². The molecule has 4 nitrogen and oxygen atoms in total. The van der Waals surface area contributed by atoms with Crippen LogP contribution >= 0.6 is 0 Å². The van der Waals surface area contributed by atoms with Crippen LogP contribution in [0.2, 0.25) is 0 Å².